The molecule has 9 heteroatoms. The number of rotatable bonds is 10. The fraction of sp³-hybridized carbons (Fsp3) is 0.179. The fourth-order valence-electron chi connectivity index (χ4n) is 3.92. The minimum Gasteiger partial charge on any atom is -0.478 e. The first-order valence-corrected chi connectivity index (χ1v) is 11.8. The Morgan fingerprint density at radius 1 is 0.946 bits per heavy atom. The lowest BCUT2D eigenvalue weighted by Gasteiger charge is -2.15. The van der Waals surface area contributed by atoms with Gasteiger partial charge in [0.1, 0.15) is 0 Å². The van der Waals surface area contributed by atoms with E-state index in [4.69, 9.17) is 4.84 Å². The third kappa shape index (κ3) is 6.21. The summed E-state index contributed by atoms with van der Waals surface area (Å²) >= 11 is 0. The van der Waals surface area contributed by atoms with Gasteiger partial charge in [-0.15, -0.1) is 0 Å². The second-order valence-electron chi connectivity index (χ2n) is 8.77. The van der Waals surface area contributed by atoms with Crippen molar-refractivity contribution in [3.05, 3.63) is 95.1 Å². The number of aromatic carboxylic acids is 1. The molecule has 3 aromatic rings. The molecule has 3 aromatic carbocycles. The molecule has 0 saturated carbocycles. The molecule has 190 valence electrons. The lowest BCUT2D eigenvalue weighted by atomic mass is 9.99. The van der Waals surface area contributed by atoms with Gasteiger partial charge in [0.2, 0.25) is 0 Å². The molecular formula is C28H28N4O5. The number of carboxylic acids is 1. The summed E-state index contributed by atoms with van der Waals surface area (Å²) in [7, 11) is 3.95. The standard InChI is InChI=1S/C28H28N4O5/c1-32(2)15-6-16-37-31-26(33)19-9-12-21(13-10-19)29-25(18-7-4-3-5-8-18)24-22-14-11-20(28(35)36)17-23(22)30-27(24)34/h3-5,7-14,17,29H,6,15-16H2,1-2H3,(H,30,34)(H,31,33)(H,35,36). The van der Waals surface area contributed by atoms with E-state index in [2.05, 4.69) is 16.1 Å². The summed E-state index contributed by atoms with van der Waals surface area (Å²) < 4.78 is 0. The molecule has 0 saturated heterocycles. The van der Waals surface area contributed by atoms with Gasteiger partial charge in [-0.2, -0.15) is 0 Å². The van der Waals surface area contributed by atoms with E-state index >= 15 is 0 Å². The van der Waals surface area contributed by atoms with Gasteiger partial charge in [0.15, 0.2) is 0 Å². The number of nitrogens with one attached hydrogen (secondary N) is 3. The largest absolute Gasteiger partial charge is 0.478 e. The molecular weight excluding hydrogens is 472 g/mol. The third-order valence-corrected chi connectivity index (χ3v) is 5.76. The molecule has 1 aliphatic rings. The smallest absolute Gasteiger partial charge is 0.335 e. The number of amides is 2. The molecule has 1 aliphatic heterocycles. The first-order valence-electron chi connectivity index (χ1n) is 11.8. The molecule has 37 heavy (non-hydrogen) atoms. The Morgan fingerprint density at radius 2 is 1.65 bits per heavy atom. The van der Waals surface area contributed by atoms with Gasteiger partial charge in [0, 0.05) is 16.8 Å². The molecule has 0 radical (unpaired) electrons. The molecule has 0 atom stereocenters. The molecule has 0 aromatic heterocycles. The molecule has 0 aliphatic carbocycles. The monoisotopic (exact) mass is 500 g/mol. The number of benzene rings is 3. The molecule has 0 fully saturated rings. The molecule has 4 N–H and O–H groups in total. The maximum Gasteiger partial charge on any atom is 0.335 e. The Hall–Kier alpha value is -4.47. The lowest BCUT2D eigenvalue weighted by Crippen LogP contribution is -2.25. The summed E-state index contributed by atoms with van der Waals surface area (Å²) in [5, 5.41) is 15.4. The number of carbonyl (C=O) groups excluding carboxylic acids is 2. The summed E-state index contributed by atoms with van der Waals surface area (Å²) in [6, 6.07) is 20.7. The van der Waals surface area contributed by atoms with Gasteiger partial charge in [-0.05, 0) is 69.0 Å². The summed E-state index contributed by atoms with van der Waals surface area (Å²) in [5.74, 6) is -1.76. The van der Waals surface area contributed by atoms with Crippen LogP contribution in [0.2, 0.25) is 0 Å². The molecule has 0 bridgehead atoms. The van der Waals surface area contributed by atoms with E-state index in [1.165, 1.54) is 12.1 Å². The first kappa shape index (κ1) is 25.6. The number of carboxylic acid groups (broad SMARTS) is 1. The highest BCUT2D eigenvalue weighted by atomic mass is 16.6. The zero-order valence-corrected chi connectivity index (χ0v) is 20.6. The number of hydrogen-bond acceptors (Lipinski definition) is 6. The van der Waals surface area contributed by atoms with E-state index in [0.717, 1.165) is 18.5 Å². The van der Waals surface area contributed by atoms with Crippen molar-refractivity contribution in [3.63, 3.8) is 0 Å². The predicted molar refractivity (Wildman–Crippen MR) is 142 cm³/mol. The highest BCUT2D eigenvalue weighted by Gasteiger charge is 2.29. The van der Waals surface area contributed by atoms with E-state index < -0.39 is 5.97 Å². The van der Waals surface area contributed by atoms with Crippen LogP contribution in [0, 0.1) is 0 Å². The van der Waals surface area contributed by atoms with Crippen LogP contribution >= 0.6 is 0 Å². The van der Waals surface area contributed by atoms with Crippen LogP contribution in [0.15, 0.2) is 72.8 Å². The van der Waals surface area contributed by atoms with E-state index in [1.54, 1.807) is 30.3 Å². The Kier molecular flexibility index (Phi) is 7.97. The second-order valence-corrected chi connectivity index (χ2v) is 8.77. The summed E-state index contributed by atoms with van der Waals surface area (Å²) in [6.07, 6.45) is 0.793. The van der Waals surface area contributed by atoms with Crippen LogP contribution in [0.1, 0.15) is 38.3 Å². The molecule has 2 amide bonds. The van der Waals surface area contributed by atoms with Crippen LogP contribution < -0.4 is 16.1 Å². The van der Waals surface area contributed by atoms with Crippen molar-refractivity contribution >= 4 is 40.4 Å². The number of hydroxylamine groups is 1. The molecule has 9 nitrogen and oxygen atoms in total. The summed E-state index contributed by atoms with van der Waals surface area (Å²) in [4.78, 5) is 44.1. The highest BCUT2D eigenvalue weighted by molar-refractivity contribution is 6.37. The molecule has 0 spiro atoms. The number of hydrogen-bond donors (Lipinski definition) is 4. The van der Waals surface area contributed by atoms with Crippen molar-refractivity contribution in [2.24, 2.45) is 0 Å². The molecule has 4 rings (SSSR count). The van der Waals surface area contributed by atoms with Crippen molar-refractivity contribution in [1.29, 1.82) is 0 Å². The van der Waals surface area contributed by atoms with Crippen molar-refractivity contribution in [1.82, 2.24) is 10.4 Å². The molecule has 0 unspecified atom stereocenters. The van der Waals surface area contributed by atoms with Gasteiger partial charge in [0.05, 0.1) is 29.1 Å². The number of anilines is 2. The van der Waals surface area contributed by atoms with Crippen LogP contribution in [-0.2, 0) is 9.63 Å². The Labute approximate surface area is 214 Å². The van der Waals surface area contributed by atoms with Crippen LogP contribution in [0.4, 0.5) is 11.4 Å². The van der Waals surface area contributed by atoms with Crippen LogP contribution in [0.5, 0.6) is 0 Å². The van der Waals surface area contributed by atoms with Gasteiger partial charge in [0.25, 0.3) is 11.8 Å². The zero-order valence-electron chi connectivity index (χ0n) is 20.6. The lowest BCUT2D eigenvalue weighted by molar-refractivity contribution is -0.110. The predicted octanol–water partition coefficient (Wildman–Crippen LogP) is 3.93. The average Bonchev–Trinajstić information content (AvgIpc) is 3.22. The SMILES string of the molecule is CN(C)CCCONC(=O)c1ccc(NC(=C2C(=O)Nc3cc(C(=O)O)ccc32)c2ccccc2)cc1. The zero-order chi connectivity index (χ0) is 26.4. The first-order chi connectivity index (χ1) is 17.8. The normalized spacial score (nSPS) is 13.6. The topological polar surface area (TPSA) is 120 Å². The van der Waals surface area contributed by atoms with Gasteiger partial charge in [-0.25, -0.2) is 10.3 Å². The Morgan fingerprint density at radius 3 is 2.32 bits per heavy atom. The van der Waals surface area contributed by atoms with Gasteiger partial charge in [-0.1, -0.05) is 36.4 Å². The Balaban J connectivity index is 1.57. The Bertz CT molecular complexity index is 1330. The maximum absolute atomic E-state index is 13.0. The minimum atomic E-state index is -1.07. The maximum atomic E-state index is 13.0. The van der Waals surface area contributed by atoms with Crippen LogP contribution in [0.25, 0.3) is 11.3 Å². The van der Waals surface area contributed by atoms with E-state index in [0.29, 0.717) is 40.4 Å². The number of carbonyl (C=O) groups is 3. The van der Waals surface area contributed by atoms with Crippen LogP contribution in [0.3, 0.4) is 0 Å². The highest BCUT2D eigenvalue weighted by Crippen LogP contribution is 2.38. The van der Waals surface area contributed by atoms with Crippen LogP contribution in [-0.4, -0.2) is 55.0 Å². The number of nitrogens with zero attached hydrogens (tertiary/aromatic N) is 1. The number of fused-ring (bicyclic) bond motifs is 1. The summed E-state index contributed by atoms with van der Waals surface area (Å²) in [5.41, 5.74) is 6.40. The third-order valence-electron chi connectivity index (χ3n) is 5.76. The second kappa shape index (κ2) is 11.5. The van der Waals surface area contributed by atoms with Crippen molar-refractivity contribution < 1.29 is 24.3 Å². The van der Waals surface area contributed by atoms with Gasteiger partial charge < -0.3 is 20.6 Å². The van der Waals surface area contributed by atoms with Gasteiger partial charge >= 0.3 is 5.97 Å². The average molecular weight is 501 g/mol. The van der Waals surface area contributed by atoms with E-state index in [-0.39, 0.29) is 17.4 Å². The van der Waals surface area contributed by atoms with Gasteiger partial charge in [-0.3, -0.25) is 14.4 Å². The van der Waals surface area contributed by atoms with E-state index in [9.17, 15) is 19.5 Å². The molecule has 1 heterocycles. The minimum absolute atomic E-state index is 0.0880. The van der Waals surface area contributed by atoms with E-state index in [1.807, 2.05) is 49.3 Å². The van der Waals surface area contributed by atoms with Crippen molar-refractivity contribution in [2.45, 2.75) is 6.42 Å². The van der Waals surface area contributed by atoms with Crippen molar-refractivity contribution in [2.75, 3.05) is 37.9 Å². The summed E-state index contributed by atoms with van der Waals surface area (Å²) in [6.45, 7) is 1.27. The quantitative estimate of drug-likeness (QED) is 0.189. The van der Waals surface area contributed by atoms with Crippen molar-refractivity contribution in [3.8, 4) is 0 Å². The fourth-order valence-corrected chi connectivity index (χ4v) is 3.92.